The van der Waals surface area contributed by atoms with E-state index in [2.05, 4.69) is 29.1 Å². The second-order valence-electron chi connectivity index (χ2n) is 9.93. The fourth-order valence-electron chi connectivity index (χ4n) is 5.31. The summed E-state index contributed by atoms with van der Waals surface area (Å²) in [7, 11) is 3.76. The van der Waals surface area contributed by atoms with E-state index in [0.717, 1.165) is 55.2 Å². The maximum atomic E-state index is 13.5. The third-order valence-electron chi connectivity index (χ3n) is 7.55. The molecule has 0 radical (unpaired) electrons. The van der Waals surface area contributed by atoms with Crippen LogP contribution in [0, 0.1) is 6.92 Å². The van der Waals surface area contributed by atoms with Gasteiger partial charge in [0.15, 0.2) is 0 Å². The van der Waals surface area contributed by atoms with Gasteiger partial charge in [0.25, 0.3) is 5.91 Å². The number of nitrogens with one attached hydrogen (secondary N) is 1. The van der Waals surface area contributed by atoms with E-state index in [9.17, 15) is 4.79 Å². The average molecular weight is 481 g/mol. The molecule has 0 saturated carbocycles. The molecular formula is C26H36N6O3. The van der Waals surface area contributed by atoms with Gasteiger partial charge in [0.05, 0.1) is 25.9 Å². The Morgan fingerprint density at radius 1 is 1.23 bits per heavy atom. The molecule has 35 heavy (non-hydrogen) atoms. The van der Waals surface area contributed by atoms with E-state index in [1.54, 1.807) is 7.11 Å². The molecule has 2 saturated heterocycles. The number of likely N-dealkylation sites (tertiary alicyclic amines) is 1. The second kappa shape index (κ2) is 9.99. The number of benzene rings is 1. The lowest BCUT2D eigenvalue weighted by Crippen LogP contribution is -2.50. The number of ether oxygens (including phenoxy) is 2. The molecule has 9 nitrogen and oxygen atoms in total. The SMILES string of the molecule is COc1ccc(C)c(C(=O)N2Cc3nc(OC[C@@H]4CCCN4C)nc(N4CCNC[C@@H]4C)c3C2)c1. The predicted molar refractivity (Wildman–Crippen MR) is 134 cm³/mol. The minimum atomic E-state index is -0.0197. The highest BCUT2D eigenvalue weighted by Crippen LogP contribution is 2.34. The number of piperazine rings is 1. The highest BCUT2D eigenvalue weighted by atomic mass is 16.5. The first-order valence-corrected chi connectivity index (χ1v) is 12.6. The van der Waals surface area contributed by atoms with Gasteiger partial charge in [0, 0.05) is 42.8 Å². The summed E-state index contributed by atoms with van der Waals surface area (Å²) >= 11 is 0. The highest BCUT2D eigenvalue weighted by Gasteiger charge is 2.34. The molecule has 2 atom stereocenters. The zero-order valence-electron chi connectivity index (χ0n) is 21.2. The summed E-state index contributed by atoms with van der Waals surface area (Å²) in [6.45, 7) is 9.43. The van der Waals surface area contributed by atoms with E-state index in [0.29, 0.717) is 49.1 Å². The van der Waals surface area contributed by atoms with Crippen molar-refractivity contribution in [1.29, 1.82) is 0 Å². The van der Waals surface area contributed by atoms with E-state index in [-0.39, 0.29) is 5.91 Å². The van der Waals surface area contributed by atoms with E-state index >= 15 is 0 Å². The van der Waals surface area contributed by atoms with Crippen LogP contribution in [0.25, 0.3) is 0 Å². The molecule has 1 aromatic carbocycles. The van der Waals surface area contributed by atoms with Crippen molar-refractivity contribution in [2.45, 2.75) is 51.9 Å². The zero-order chi connectivity index (χ0) is 24.5. The molecule has 5 rings (SSSR count). The van der Waals surface area contributed by atoms with Crippen LogP contribution in [0.4, 0.5) is 5.82 Å². The normalized spacial score (nSPS) is 22.4. The zero-order valence-corrected chi connectivity index (χ0v) is 21.2. The lowest BCUT2D eigenvalue weighted by atomic mass is 10.1. The fourth-order valence-corrected chi connectivity index (χ4v) is 5.31. The smallest absolute Gasteiger partial charge is 0.318 e. The molecular weight excluding hydrogens is 444 g/mol. The van der Waals surface area contributed by atoms with Crippen molar-refractivity contribution in [1.82, 2.24) is 25.1 Å². The average Bonchev–Trinajstić information content (AvgIpc) is 3.48. The van der Waals surface area contributed by atoms with Crippen LogP contribution in [0.1, 0.15) is 46.9 Å². The molecule has 1 amide bonds. The molecule has 0 aliphatic carbocycles. The molecule has 9 heteroatoms. The number of fused-ring (bicyclic) bond motifs is 1. The predicted octanol–water partition coefficient (Wildman–Crippen LogP) is 2.22. The van der Waals surface area contributed by atoms with E-state index in [1.807, 2.05) is 30.0 Å². The maximum Gasteiger partial charge on any atom is 0.318 e. The molecule has 2 fully saturated rings. The molecule has 1 N–H and O–H groups in total. The first-order chi connectivity index (χ1) is 16.9. The van der Waals surface area contributed by atoms with Crippen LogP contribution in [0.2, 0.25) is 0 Å². The third kappa shape index (κ3) is 4.79. The summed E-state index contributed by atoms with van der Waals surface area (Å²) in [4.78, 5) is 29.8. The quantitative estimate of drug-likeness (QED) is 0.674. The summed E-state index contributed by atoms with van der Waals surface area (Å²) < 4.78 is 11.5. The van der Waals surface area contributed by atoms with E-state index in [4.69, 9.17) is 19.4 Å². The number of anilines is 1. The number of aryl methyl sites for hydroxylation is 1. The van der Waals surface area contributed by atoms with Gasteiger partial charge < -0.3 is 29.5 Å². The third-order valence-corrected chi connectivity index (χ3v) is 7.55. The van der Waals surface area contributed by atoms with Crippen molar-refractivity contribution in [3.05, 3.63) is 40.6 Å². The molecule has 4 heterocycles. The lowest BCUT2D eigenvalue weighted by Gasteiger charge is -2.36. The Morgan fingerprint density at radius 3 is 2.83 bits per heavy atom. The minimum absolute atomic E-state index is 0.0197. The van der Waals surface area contributed by atoms with E-state index < -0.39 is 0 Å². The van der Waals surface area contributed by atoms with Gasteiger partial charge >= 0.3 is 6.01 Å². The maximum absolute atomic E-state index is 13.5. The summed E-state index contributed by atoms with van der Waals surface area (Å²) in [5.41, 5.74) is 3.49. The summed E-state index contributed by atoms with van der Waals surface area (Å²) in [5.74, 6) is 1.56. The number of carbonyl (C=O) groups is 1. The number of nitrogens with zero attached hydrogens (tertiary/aromatic N) is 5. The van der Waals surface area contributed by atoms with Crippen molar-refractivity contribution in [2.24, 2.45) is 0 Å². The summed E-state index contributed by atoms with van der Waals surface area (Å²) in [6, 6.07) is 6.72. The van der Waals surface area contributed by atoms with Crippen LogP contribution in [-0.4, -0.2) is 84.7 Å². The van der Waals surface area contributed by atoms with Gasteiger partial charge in [0.2, 0.25) is 0 Å². The van der Waals surface area contributed by atoms with Crippen LogP contribution in [0.5, 0.6) is 11.8 Å². The van der Waals surface area contributed by atoms with Crippen molar-refractivity contribution in [2.75, 3.05) is 51.8 Å². The van der Waals surface area contributed by atoms with Crippen LogP contribution < -0.4 is 19.7 Å². The van der Waals surface area contributed by atoms with Crippen LogP contribution in [0.15, 0.2) is 18.2 Å². The molecule has 1 aromatic heterocycles. The Labute approximate surface area is 207 Å². The monoisotopic (exact) mass is 480 g/mol. The van der Waals surface area contributed by atoms with Gasteiger partial charge in [-0.1, -0.05) is 6.07 Å². The first kappa shape index (κ1) is 23.8. The number of hydrogen-bond donors (Lipinski definition) is 1. The second-order valence-corrected chi connectivity index (χ2v) is 9.93. The highest BCUT2D eigenvalue weighted by molar-refractivity contribution is 5.96. The lowest BCUT2D eigenvalue weighted by molar-refractivity contribution is 0.0749. The first-order valence-electron chi connectivity index (χ1n) is 12.6. The Kier molecular flexibility index (Phi) is 6.80. The van der Waals surface area contributed by atoms with Crippen molar-refractivity contribution >= 4 is 11.7 Å². The Hall–Kier alpha value is -2.91. The number of methoxy groups -OCH3 is 1. The fraction of sp³-hybridized carbons (Fsp3) is 0.577. The number of amides is 1. The molecule has 0 bridgehead atoms. The number of hydrogen-bond acceptors (Lipinski definition) is 8. The van der Waals surface area contributed by atoms with Gasteiger partial charge in [-0.3, -0.25) is 4.79 Å². The minimum Gasteiger partial charge on any atom is -0.497 e. The van der Waals surface area contributed by atoms with Gasteiger partial charge in [-0.2, -0.15) is 9.97 Å². The van der Waals surface area contributed by atoms with Gasteiger partial charge in [-0.15, -0.1) is 0 Å². The molecule has 2 aromatic rings. The van der Waals surface area contributed by atoms with E-state index in [1.165, 1.54) is 6.42 Å². The van der Waals surface area contributed by atoms with Crippen molar-refractivity contribution < 1.29 is 14.3 Å². The molecule has 0 spiro atoms. The molecule has 3 aliphatic heterocycles. The number of rotatable bonds is 6. The molecule has 3 aliphatic rings. The van der Waals surface area contributed by atoms with Crippen LogP contribution in [-0.2, 0) is 13.1 Å². The van der Waals surface area contributed by atoms with Crippen LogP contribution >= 0.6 is 0 Å². The van der Waals surface area contributed by atoms with Gasteiger partial charge in [-0.05, 0) is 58.0 Å². The van der Waals surface area contributed by atoms with Gasteiger partial charge in [0.1, 0.15) is 18.2 Å². The Morgan fingerprint density at radius 2 is 2.09 bits per heavy atom. The largest absolute Gasteiger partial charge is 0.497 e. The molecule has 188 valence electrons. The summed E-state index contributed by atoms with van der Waals surface area (Å²) in [6.07, 6.45) is 2.32. The van der Waals surface area contributed by atoms with Crippen molar-refractivity contribution in [3.8, 4) is 11.8 Å². The van der Waals surface area contributed by atoms with Crippen molar-refractivity contribution in [3.63, 3.8) is 0 Å². The van der Waals surface area contributed by atoms with Gasteiger partial charge in [-0.25, -0.2) is 0 Å². The number of carbonyl (C=O) groups excluding carboxylic acids is 1. The molecule has 0 unspecified atom stereocenters. The summed E-state index contributed by atoms with van der Waals surface area (Å²) in [5, 5.41) is 3.45. The topological polar surface area (TPSA) is 83.1 Å². The number of aromatic nitrogens is 2. The Bertz CT molecular complexity index is 1090. The standard InChI is InChI=1S/C26H36N6O3/c1-17-7-8-20(34-4)12-21(17)25(33)31-14-22-23(15-31)28-26(35-16-19-6-5-10-30(19)3)29-24(22)32-11-9-27-13-18(32)2/h7-8,12,18-19,27H,5-6,9-11,13-16H2,1-4H3/t18-,19-/m0/s1. The Balaban J connectivity index is 1.43. The van der Waals surface area contributed by atoms with Crippen LogP contribution in [0.3, 0.4) is 0 Å². The number of likely N-dealkylation sites (N-methyl/N-ethyl adjacent to an activating group) is 1.